The summed E-state index contributed by atoms with van der Waals surface area (Å²) in [6.07, 6.45) is 4.35. The van der Waals surface area contributed by atoms with Gasteiger partial charge < -0.3 is 4.57 Å². The lowest BCUT2D eigenvalue weighted by molar-refractivity contribution is -0.121. The quantitative estimate of drug-likeness (QED) is 0.643. The minimum Gasteiger partial charge on any atom is -0.306 e. The predicted molar refractivity (Wildman–Crippen MR) is 94.9 cm³/mol. The van der Waals surface area contributed by atoms with Crippen molar-refractivity contribution in [2.75, 3.05) is 0 Å². The largest absolute Gasteiger partial charge is 0.306 e. The van der Waals surface area contributed by atoms with E-state index in [4.69, 9.17) is 0 Å². The molecule has 1 aromatic carbocycles. The maximum atomic E-state index is 12.2. The summed E-state index contributed by atoms with van der Waals surface area (Å²) in [5.74, 6) is 0.368. The van der Waals surface area contributed by atoms with Gasteiger partial charge in [0.15, 0.2) is 5.16 Å². The number of thioether (sulfide) groups is 1. The van der Waals surface area contributed by atoms with Crippen LogP contribution in [0.25, 0.3) is 0 Å². The molecule has 1 aromatic heterocycles. The van der Waals surface area contributed by atoms with E-state index in [2.05, 4.69) is 25.6 Å². The Labute approximate surface area is 150 Å². The molecule has 2 N–H and O–H groups in total. The van der Waals surface area contributed by atoms with Crippen LogP contribution in [-0.2, 0) is 17.8 Å². The number of benzene rings is 1. The Kier molecular flexibility index (Phi) is 5.70. The number of amides is 2. The lowest BCUT2D eigenvalue weighted by Crippen LogP contribution is -2.44. The van der Waals surface area contributed by atoms with Crippen molar-refractivity contribution in [2.45, 2.75) is 49.6 Å². The second kappa shape index (κ2) is 8.15. The number of rotatable bonds is 4. The van der Waals surface area contributed by atoms with Gasteiger partial charge in [0.1, 0.15) is 5.82 Å². The number of nitrogens with zero attached hydrogens (tertiary/aromatic N) is 3. The molecule has 25 heavy (non-hydrogen) atoms. The van der Waals surface area contributed by atoms with Crippen LogP contribution >= 0.6 is 11.8 Å². The van der Waals surface area contributed by atoms with Crippen molar-refractivity contribution in [2.24, 2.45) is 0 Å². The van der Waals surface area contributed by atoms with Crippen LogP contribution in [0.1, 0.15) is 42.4 Å². The molecular formula is C17H21N5O2S. The van der Waals surface area contributed by atoms with Gasteiger partial charge in [-0.3, -0.25) is 20.4 Å². The fourth-order valence-corrected chi connectivity index (χ4v) is 3.53. The summed E-state index contributed by atoms with van der Waals surface area (Å²) in [5.41, 5.74) is 5.40. The SMILES string of the molecule is C[C@@H](Sc1nnc2n1CCCCC2)C(=O)NNC(=O)c1ccccc1. The van der Waals surface area contributed by atoms with Crippen molar-refractivity contribution in [3.8, 4) is 0 Å². The lowest BCUT2D eigenvalue weighted by atomic mass is 10.2. The summed E-state index contributed by atoms with van der Waals surface area (Å²) >= 11 is 1.36. The summed E-state index contributed by atoms with van der Waals surface area (Å²) in [4.78, 5) is 24.2. The maximum Gasteiger partial charge on any atom is 0.269 e. The molecule has 0 bridgehead atoms. The number of aromatic nitrogens is 3. The molecule has 8 heteroatoms. The number of aryl methyl sites for hydroxylation is 1. The molecule has 0 aliphatic carbocycles. The summed E-state index contributed by atoms with van der Waals surface area (Å²) in [6, 6.07) is 8.74. The van der Waals surface area contributed by atoms with Gasteiger partial charge in [-0.2, -0.15) is 0 Å². The highest BCUT2D eigenvalue weighted by Gasteiger charge is 2.21. The average Bonchev–Trinajstić information content (AvgIpc) is 2.86. The van der Waals surface area contributed by atoms with Crippen LogP contribution in [0.2, 0.25) is 0 Å². The zero-order valence-corrected chi connectivity index (χ0v) is 14.9. The number of hydrazine groups is 1. The van der Waals surface area contributed by atoms with Crippen LogP contribution in [0.5, 0.6) is 0 Å². The topological polar surface area (TPSA) is 88.9 Å². The molecule has 1 aliphatic heterocycles. The van der Waals surface area contributed by atoms with Crippen molar-refractivity contribution in [3.05, 3.63) is 41.7 Å². The second-order valence-corrected chi connectivity index (χ2v) is 7.24. The fraction of sp³-hybridized carbons (Fsp3) is 0.412. The monoisotopic (exact) mass is 359 g/mol. The van der Waals surface area contributed by atoms with Gasteiger partial charge in [0, 0.05) is 18.5 Å². The van der Waals surface area contributed by atoms with E-state index in [1.165, 1.54) is 18.2 Å². The number of carbonyl (C=O) groups is 2. The third kappa shape index (κ3) is 4.39. The molecular weight excluding hydrogens is 338 g/mol. The van der Waals surface area contributed by atoms with E-state index >= 15 is 0 Å². The zero-order valence-electron chi connectivity index (χ0n) is 14.1. The van der Waals surface area contributed by atoms with E-state index in [-0.39, 0.29) is 11.8 Å². The molecule has 2 amide bonds. The molecule has 3 rings (SSSR count). The third-order valence-electron chi connectivity index (χ3n) is 4.06. The Morgan fingerprint density at radius 3 is 2.72 bits per heavy atom. The first kappa shape index (κ1) is 17.5. The highest BCUT2D eigenvalue weighted by molar-refractivity contribution is 8.00. The van der Waals surface area contributed by atoms with Gasteiger partial charge in [0.2, 0.25) is 0 Å². The number of carbonyl (C=O) groups excluding carboxylic acids is 2. The highest BCUT2D eigenvalue weighted by Crippen LogP contribution is 2.25. The highest BCUT2D eigenvalue weighted by atomic mass is 32.2. The molecule has 7 nitrogen and oxygen atoms in total. The van der Waals surface area contributed by atoms with E-state index < -0.39 is 5.25 Å². The van der Waals surface area contributed by atoms with Gasteiger partial charge in [0.05, 0.1) is 5.25 Å². The fourth-order valence-electron chi connectivity index (χ4n) is 2.64. The van der Waals surface area contributed by atoms with Crippen LogP contribution in [0.15, 0.2) is 35.5 Å². The molecule has 0 saturated heterocycles. The van der Waals surface area contributed by atoms with E-state index in [1.807, 2.05) is 6.07 Å². The summed E-state index contributed by atoms with van der Waals surface area (Å²) < 4.78 is 2.10. The van der Waals surface area contributed by atoms with Crippen LogP contribution in [0.4, 0.5) is 0 Å². The van der Waals surface area contributed by atoms with Gasteiger partial charge >= 0.3 is 0 Å². The molecule has 1 atom stereocenters. The summed E-state index contributed by atoms with van der Waals surface area (Å²) in [7, 11) is 0. The van der Waals surface area contributed by atoms with Crippen molar-refractivity contribution < 1.29 is 9.59 Å². The van der Waals surface area contributed by atoms with Crippen LogP contribution < -0.4 is 10.9 Å². The van der Waals surface area contributed by atoms with E-state index in [9.17, 15) is 9.59 Å². The first-order valence-electron chi connectivity index (χ1n) is 8.39. The van der Waals surface area contributed by atoms with Crippen LogP contribution in [0.3, 0.4) is 0 Å². The first-order chi connectivity index (χ1) is 12.1. The Morgan fingerprint density at radius 1 is 1.12 bits per heavy atom. The van der Waals surface area contributed by atoms with Gasteiger partial charge in [-0.25, -0.2) is 0 Å². The standard InChI is InChI=1S/C17H21N5O2S/c1-12(15(23)19-20-16(24)13-8-4-2-5-9-13)25-17-21-18-14-10-6-3-7-11-22(14)17/h2,4-5,8-9,12H,3,6-7,10-11H2,1H3,(H,19,23)(H,20,24)/t12-/m1/s1. The Morgan fingerprint density at radius 2 is 1.92 bits per heavy atom. The smallest absolute Gasteiger partial charge is 0.269 e. The maximum absolute atomic E-state index is 12.2. The molecule has 0 saturated carbocycles. The predicted octanol–water partition coefficient (Wildman–Crippen LogP) is 1.95. The molecule has 0 radical (unpaired) electrons. The molecule has 1 aliphatic rings. The summed E-state index contributed by atoms with van der Waals surface area (Å²) in [6.45, 7) is 2.68. The molecule has 2 heterocycles. The first-order valence-corrected chi connectivity index (χ1v) is 9.27. The Hall–Kier alpha value is -2.35. The molecule has 0 spiro atoms. The Balaban J connectivity index is 1.55. The Bertz CT molecular complexity index is 747. The zero-order chi connectivity index (χ0) is 17.6. The number of hydrogen-bond donors (Lipinski definition) is 2. The summed E-state index contributed by atoms with van der Waals surface area (Å²) in [5, 5.41) is 8.81. The van der Waals surface area contributed by atoms with E-state index in [0.29, 0.717) is 5.56 Å². The molecule has 0 unspecified atom stereocenters. The van der Waals surface area contributed by atoms with Crippen LogP contribution in [-0.4, -0.2) is 31.8 Å². The molecule has 2 aromatic rings. The average molecular weight is 359 g/mol. The van der Waals surface area contributed by atoms with Crippen molar-refractivity contribution in [1.29, 1.82) is 0 Å². The molecule has 132 valence electrons. The van der Waals surface area contributed by atoms with Gasteiger partial charge in [-0.1, -0.05) is 36.4 Å². The van der Waals surface area contributed by atoms with Gasteiger partial charge in [-0.05, 0) is 31.9 Å². The van der Waals surface area contributed by atoms with E-state index in [1.54, 1.807) is 31.2 Å². The lowest BCUT2D eigenvalue weighted by Gasteiger charge is -2.13. The van der Waals surface area contributed by atoms with Crippen molar-refractivity contribution >= 4 is 23.6 Å². The second-order valence-electron chi connectivity index (χ2n) is 5.93. The minimum absolute atomic E-state index is 0.278. The molecule has 0 fully saturated rings. The van der Waals surface area contributed by atoms with Crippen molar-refractivity contribution in [3.63, 3.8) is 0 Å². The number of fused-ring (bicyclic) bond motifs is 1. The van der Waals surface area contributed by atoms with Gasteiger partial charge in [0.25, 0.3) is 11.8 Å². The van der Waals surface area contributed by atoms with Crippen LogP contribution in [0, 0.1) is 0 Å². The van der Waals surface area contributed by atoms with E-state index in [0.717, 1.165) is 36.8 Å². The van der Waals surface area contributed by atoms with Gasteiger partial charge in [-0.15, -0.1) is 10.2 Å². The number of hydrogen-bond acceptors (Lipinski definition) is 5. The third-order valence-corrected chi connectivity index (χ3v) is 5.14. The van der Waals surface area contributed by atoms with Crippen molar-refractivity contribution in [1.82, 2.24) is 25.6 Å². The number of nitrogens with one attached hydrogen (secondary N) is 2. The normalized spacial score (nSPS) is 14.9. The minimum atomic E-state index is -0.396.